The molecule has 1 heterocycles. The zero-order valence-corrected chi connectivity index (χ0v) is 20.9. The van der Waals surface area contributed by atoms with E-state index in [4.69, 9.17) is 0 Å². The fourth-order valence-electron chi connectivity index (χ4n) is 3.69. The quantitative estimate of drug-likeness (QED) is 0.625. The number of benzene rings is 2. The van der Waals surface area contributed by atoms with Gasteiger partial charge in [0.05, 0.1) is 11.2 Å². The van der Waals surface area contributed by atoms with Crippen LogP contribution in [0.15, 0.2) is 53.4 Å². The minimum Gasteiger partial charge on any atom is -0.324 e. The van der Waals surface area contributed by atoms with Crippen molar-refractivity contribution in [2.75, 3.05) is 51.8 Å². The van der Waals surface area contributed by atoms with Crippen molar-refractivity contribution >= 4 is 31.6 Å². The Hall–Kier alpha value is -2.31. The number of carbonyl (C=O) groups is 1. The summed E-state index contributed by atoms with van der Waals surface area (Å²) >= 11 is 0. The Labute approximate surface area is 196 Å². The fourth-order valence-corrected chi connectivity index (χ4v) is 5.96. The molecule has 11 heteroatoms. The lowest BCUT2D eigenvalue weighted by atomic mass is 10.1. The number of hydrogen-bond donors (Lipinski definition) is 1. The largest absolute Gasteiger partial charge is 0.324 e. The number of carbonyl (C=O) groups excluding carboxylic acids is 1. The molecule has 0 aliphatic carbocycles. The molecule has 0 aromatic heterocycles. The summed E-state index contributed by atoms with van der Waals surface area (Å²) in [5, 5.41) is 2.71. The Morgan fingerprint density at radius 2 is 1.61 bits per heavy atom. The minimum absolute atomic E-state index is 0.123. The van der Waals surface area contributed by atoms with Gasteiger partial charge in [0, 0.05) is 38.9 Å². The molecule has 2 aromatic carbocycles. The number of nitrogens with one attached hydrogen (secondary N) is 1. The van der Waals surface area contributed by atoms with Gasteiger partial charge in [0.1, 0.15) is 6.04 Å². The average molecular weight is 495 g/mol. The monoisotopic (exact) mass is 494 g/mol. The highest BCUT2D eigenvalue weighted by Crippen LogP contribution is 2.27. The maximum absolute atomic E-state index is 13.3. The van der Waals surface area contributed by atoms with Crippen LogP contribution in [-0.4, -0.2) is 82.8 Å². The SMILES string of the molecule is Cc1ccc(NC(=O)[C@@H](c2ccccc2)N(C)S(C)(=O)=O)cc1S(=O)(=O)N1CCN(C)CC1. The molecule has 0 unspecified atom stereocenters. The van der Waals surface area contributed by atoms with Crippen molar-refractivity contribution in [1.82, 2.24) is 13.5 Å². The summed E-state index contributed by atoms with van der Waals surface area (Å²) in [6.45, 7) is 3.78. The summed E-state index contributed by atoms with van der Waals surface area (Å²) < 4.78 is 53.3. The number of sulfonamides is 2. The highest BCUT2D eigenvalue weighted by molar-refractivity contribution is 7.89. The van der Waals surface area contributed by atoms with Gasteiger partial charge in [-0.3, -0.25) is 4.79 Å². The lowest BCUT2D eigenvalue weighted by Gasteiger charge is -2.32. The van der Waals surface area contributed by atoms with Crippen molar-refractivity contribution in [2.45, 2.75) is 17.9 Å². The van der Waals surface area contributed by atoms with Crippen molar-refractivity contribution < 1.29 is 21.6 Å². The van der Waals surface area contributed by atoms with Gasteiger partial charge in [0.2, 0.25) is 26.0 Å². The second kappa shape index (κ2) is 9.90. The first-order valence-electron chi connectivity index (χ1n) is 10.5. The summed E-state index contributed by atoms with van der Waals surface area (Å²) in [4.78, 5) is 15.4. The number of nitrogens with zero attached hydrogens (tertiary/aromatic N) is 3. The number of likely N-dealkylation sites (N-methyl/N-ethyl adjacent to an activating group) is 2. The molecule has 0 radical (unpaired) electrons. The minimum atomic E-state index is -3.74. The third-order valence-corrected chi connectivity index (χ3v) is 9.08. The molecule has 1 atom stereocenters. The number of piperazine rings is 1. The van der Waals surface area contributed by atoms with Gasteiger partial charge >= 0.3 is 0 Å². The second-order valence-corrected chi connectivity index (χ2v) is 12.2. The Bertz CT molecular complexity index is 1210. The van der Waals surface area contributed by atoms with Crippen LogP contribution in [0.25, 0.3) is 0 Å². The van der Waals surface area contributed by atoms with Crippen molar-refractivity contribution in [3.8, 4) is 0 Å². The first-order valence-corrected chi connectivity index (χ1v) is 13.8. The summed E-state index contributed by atoms with van der Waals surface area (Å²) in [5.41, 5.74) is 1.35. The maximum Gasteiger partial charge on any atom is 0.247 e. The van der Waals surface area contributed by atoms with Crippen LogP contribution in [0.3, 0.4) is 0 Å². The topological polar surface area (TPSA) is 107 Å². The van der Waals surface area contributed by atoms with Gasteiger partial charge in [-0.25, -0.2) is 16.8 Å². The van der Waals surface area contributed by atoms with Crippen LogP contribution in [0.5, 0.6) is 0 Å². The number of aryl methyl sites for hydroxylation is 1. The van der Waals surface area contributed by atoms with Gasteiger partial charge < -0.3 is 10.2 Å². The molecule has 3 rings (SSSR count). The van der Waals surface area contributed by atoms with Gasteiger partial charge in [-0.05, 0) is 37.2 Å². The zero-order valence-electron chi connectivity index (χ0n) is 19.2. The Balaban J connectivity index is 1.91. The number of hydrogen-bond acceptors (Lipinski definition) is 6. The van der Waals surface area contributed by atoms with Crippen LogP contribution in [0.4, 0.5) is 5.69 Å². The molecule has 1 amide bonds. The molecule has 9 nitrogen and oxygen atoms in total. The first kappa shape index (κ1) is 25.3. The number of amides is 1. The molecule has 0 bridgehead atoms. The van der Waals surface area contributed by atoms with Crippen molar-refractivity contribution in [3.05, 3.63) is 59.7 Å². The van der Waals surface area contributed by atoms with E-state index < -0.39 is 32.0 Å². The highest BCUT2D eigenvalue weighted by Gasteiger charge is 2.32. The predicted molar refractivity (Wildman–Crippen MR) is 128 cm³/mol. The molecule has 1 saturated heterocycles. The standard InChI is InChI=1S/C22H30N4O5S2/c1-17-10-11-19(16-20(17)33(30,31)26-14-12-24(2)13-15-26)23-22(27)21(25(3)32(4,28)29)18-8-6-5-7-9-18/h5-11,16,21H,12-15H2,1-4H3,(H,23,27)/t21-/m1/s1. The van der Waals surface area contributed by atoms with E-state index in [1.54, 1.807) is 49.4 Å². The molecular formula is C22H30N4O5S2. The van der Waals surface area contributed by atoms with Crippen LogP contribution in [0, 0.1) is 6.92 Å². The number of anilines is 1. The van der Waals surface area contributed by atoms with E-state index in [-0.39, 0.29) is 10.6 Å². The Kier molecular flexibility index (Phi) is 7.59. The Morgan fingerprint density at radius 1 is 1.00 bits per heavy atom. The van der Waals surface area contributed by atoms with Crippen LogP contribution < -0.4 is 5.32 Å². The first-order chi connectivity index (χ1) is 15.4. The third kappa shape index (κ3) is 5.79. The van der Waals surface area contributed by atoms with E-state index in [0.717, 1.165) is 10.6 Å². The normalized spacial score (nSPS) is 17.1. The predicted octanol–water partition coefficient (Wildman–Crippen LogP) is 1.50. The van der Waals surface area contributed by atoms with Gasteiger partial charge in [-0.1, -0.05) is 36.4 Å². The van der Waals surface area contributed by atoms with Gasteiger partial charge in [-0.15, -0.1) is 0 Å². The lowest BCUT2D eigenvalue weighted by molar-refractivity contribution is -0.119. The molecule has 0 saturated carbocycles. The van der Waals surface area contributed by atoms with Gasteiger partial charge in [0.15, 0.2) is 0 Å². The summed E-state index contributed by atoms with van der Waals surface area (Å²) in [6, 6.07) is 12.1. The van der Waals surface area contributed by atoms with Crippen LogP contribution >= 0.6 is 0 Å². The highest BCUT2D eigenvalue weighted by atomic mass is 32.2. The van der Waals surface area contributed by atoms with E-state index in [0.29, 0.717) is 37.3 Å². The summed E-state index contributed by atoms with van der Waals surface area (Å²) in [7, 11) is -4.13. The molecule has 0 spiro atoms. The molecule has 1 aliphatic rings. The van der Waals surface area contributed by atoms with E-state index in [1.165, 1.54) is 17.4 Å². The number of rotatable bonds is 7. The van der Waals surface area contributed by atoms with E-state index in [1.807, 2.05) is 7.05 Å². The van der Waals surface area contributed by atoms with Crippen LogP contribution in [-0.2, 0) is 24.8 Å². The van der Waals surface area contributed by atoms with Crippen LogP contribution in [0.1, 0.15) is 17.2 Å². The van der Waals surface area contributed by atoms with Crippen molar-refractivity contribution in [3.63, 3.8) is 0 Å². The van der Waals surface area contributed by atoms with E-state index in [2.05, 4.69) is 10.2 Å². The maximum atomic E-state index is 13.3. The van der Waals surface area contributed by atoms with Gasteiger partial charge in [0.25, 0.3) is 0 Å². The van der Waals surface area contributed by atoms with E-state index in [9.17, 15) is 21.6 Å². The molecule has 1 aliphatic heterocycles. The summed E-state index contributed by atoms with van der Waals surface area (Å²) in [5.74, 6) is -0.582. The second-order valence-electron chi connectivity index (χ2n) is 8.27. The van der Waals surface area contributed by atoms with Crippen molar-refractivity contribution in [1.29, 1.82) is 0 Å². The van der Waals surface area contributed by atoms with Crippen molar-refractivity contribution in [2.24, 2.45) is 0 Å². The van der Waals surface area contributed by atoms with E-state index >= 15 is 0 Å². The average Bonchev–Trinajstić information content (AvgIpc) is 2.75. The fraction of sp³-hybridized carbons (Fsp3) is 0.409. The van der Waals surface area contributed by atoms with Gasteiger partial charge in [-0.2, -0.15) is 8.61 Å². The third-order valence-electron chi connectivity index (χ3n) is 5.79. The molecule has 1 N–H and O–H groups in total. The zero-order chi connectivity index (χ0) is 24.4. The molecule has 180 valence electrons. The summed E-state index contributed by atoms with van der Waals surface area (Å²) in [6.07, 6.45) is 1.03. The molecule has 2 aromatic rings. The lowest BCUT2D eigenvalue weighted by Crippen LogP contribution is -2.47. The molecule has 1 fully saturated rings. The smallest absolute Gasteiger partial charge is 0.247 e. The van der Waals surface area contributed by atoms with Crippen LogP contribution in [0.2, 0.25) is 0 Å². The molecular weight excluding hydrogens is 464 g/mol. The molecule has 33 heavy (non-hydrogen) atoms. The Morgan fingerprint density at radius 3 is 2.18 bits per heavy atom.